The average Bonchev–Trinajstić information content (AvgIpc) is 3.01. The summed E-state index contributed by atoms with van der Waals surface area (Å²) in [6, 6.07) is 0. The molecule has 0 atom stereocenters. The van der Waals surface area contributed by atoms with Gasteiger partial charge in [0.15, 0.2) is 10.8 Å². The first-order valence-corrected chi connectivity index (χ1v) is 7.86. The van der Waals surface area contributed by atoms with Crippen LogP contribution in [0, 0.1) is 0 Å². The lowest BCUT2D eigenvalue weighted by molar-refractivity contribution is -0.138. The molecule has 21 heavy (non-hydrogen) atoms. The van der Waals surface area contributed by atoms with Gasteiger partial charge in [-0.05, 0) is 20.4 Å². The van der Waals surface area contributed by atoms with Crippen LogP contribution in [0.3, 0.4) is 0 Å². The van der Waals surface area contributed by atoms with Crippen LogP contribution < -0.4 is 5.32 Å². The Morgan fingerprint density at radius 2 is 2.33 bits per heavy atom. The summed E-state index contributed by atoms with van der Waals surface area (Å²) in [6.07, 6.45) is 2.50. The highest BCUT2D eigenvalue weighted by atomic mass is 32.1. The quantitative estimate of drug-likeness (QED) is 0.809. The summed E-state index contributed by atoms with van der Waals surface area (Å²) in [5, 5.41) is 5.90. The minimum Gasteiger partial charge on any atom is -0.463 e. The Morgan fingerprint density at radius 1 is 1.52 bits per heavy atom. The Hall–Kier alpha value is -1.73. The number of amidine groups is 1. The van der Waals surface area contributed by atoms with Crippen LogP contribution in [0.1, 0.15) is 25.3 Å². The highest BCUT2D eigenvalue weighted by Gasteiger charge is 2.28. The lowest BCUT2D eigenvalue weighted by Gasteiger charge is -2.31. The second-order valence-electron chi connectivity index (χ2n) is 4.42. The van der Waals surface area contributed by atoms with Crippen LogP contribution in [-0.2, 0) is 9.53 Å². The van der Waals surface area contributed by atoms with Crippen molar-refractivity contribution in [2.75, 3.05) is 26.9 Å². The molecule has 0 spiro atoms. The van der Waals surface area contributed by atoms with E-state index in [-0.39, 0.29) is 5.97 Å². The predicted octanol–water partition coefficient (Wildman–Crippen LogP) is 1.61. The molecule has 0 aliphatic carbocycles. The minimum atomic E-state index is -0.280. The van der Waals surface area contributed by atoms with E-state index in [1.54, 1.807) is 17.5 Å². The molecule has 114 valence electrons. The maximum Gasteiger partial charge on any atom is 0.337 e. The van der Waals surface area contributed by atoms with Crippen LogP contribution in [0.5, 0.6) is 0 Å². The second-order valence-corrected chi connectivity index (χ2v) is 5.31. The summed E-state index contributed by atoms with van der Waals surface area (Å²) in [7, 11) is 1.87. The zero-order valence-electron chi connectivity index (χ0n) is 12.5. The molecule has 7 heteroatoms. The highest BCUT2D eigenvalue weighted by molar-refractivity contribution is 7.11. The Bertz CT molecular complexity index is 551. The van der Waals surface area contributed by atoms with Gasteiger partial charge in [-0.15, -0.1) is 11.3 Å². The summed E-state index contributed by atoms with van der Waals surface area (Å²) in [5.41, 5.74) is 1.58. The number of nitrogens with one attached hydrogen (secondary N) is 1. The molecule has 0 amide bonds. The van der Waals surface area contributed by atoms with Gasteiger partial charge in [-0.2, -0.15) is 0 Å². The summed E-state index contributed by atoms with van der Waals surface area (Å²) in [4.78, 5) is 23.0. The number of ether oxygens (including phenoxy) is 1. The van der Waals surface area contributed by atoms with Crippen molar-refractivity contribution in [1.29, 1.82) is 0 Å². The first kappa shape index (κ1) is 15.7. The van der Waals surface area contributed by atoms with Crippen LogP contribution in [-0.4, -0.2) is 48.6 Å². The number of carbonyl (C=O) groups is 1. The molecule has 0 radical (unpaired) electrons. The highest BCUT2D eigenvalue weighted by Crippen LogP contribution is 2.24. The van der Waals surface area contributed by atoms with E-state index in [9.17, 15) is 4.79 Å². The van der Waals surface area contributed by atoms with Gasteiger partial charge in [0, 0.05) is 17.3 Å². The number of thiazole rings is 1. The zero-order chi connectivity index (χ0) is 15.2. The Labute approximate surface area is 128 Å². The molecule has 0 saturated heterocycles. The molecule has 1 aliphatic heterocycles. The van der Waals surface area contributed by atoms with Crippen molar-refractivity contribution in [1.82, 2.24) is 15.2 Å². The molecule has 2 heterocycles. The molecule has 1 aromatic rings. The zero-order valence-corrected chi connectivity index (χ0v) is 13.4. The maximum atomic E-state index is 12.1. The molecule has 0 aromatic carbocycles. The van der Waals surface area contributed by atoms with Crippen molar-refractivity contribution in [3.05, 3.63) is 27.9 Å². The van der Waals surface area contributed by atoms with Gasteiger partial charge >= 0.3 is 5.97 Å². The summed E-state index contributed by atoms with van der Waals surface area (Å²) < 4.78 is 5.14. The molecule has 0 saturated carbocycles. The third-order valence-corrected chi connectivity index (χ3v) is 3.88. The molecule has 1 aliphatic rings. The van der Waals surface area contributed by atoms with Gasteiger partial charge in [0.05, 0.1) is 25.4 Å². The first-order valence-electron chi connectivity index (χ1n) is 6.98. The maximum absolute atomic E-state index is 12.1. The van der Waals surface area contributed by atoms with Crippen molar-refractivity contribution < 1.29 is 9.53 Å². The van der Waals surface area contributed by atoms with E-state index in [4.69, 9.17) is 4.74 Å². The normalized spacial score (nSPS) is 15.2. The monoisotopic (exact) mass is 308 g/mol. The van der Waals surface area contributed by atoms with Gasteiger partial charge in [-0.1, -0.05) is 6.92 Å². The third-order valence-electron chi connectivity index (χ3n) is 3.11. The number of esters is 1. The second kappa shape index (κ2) is 7.33. The first-order chi connectivity index (χ1) is 10.2. The largest absolute Gasteiger partial charge is 0.463 e. The minimum absolute atomic E-state index is 0.280. The van der Waals surface area contributed by atoms with Gasteiger partial charge in [0.1, 0.15) is 0 Å². The van der Waals surface area contributed by atoms with Gasteiger partial charge in [0.25, 0.3) is 0 Å². The van der Waals surface area contributed by atoms with Crippen molar-refractivity contribution in [3.63, 3.8) is 0 Å². The topological polar surface area (TPSA) is 66.8 Å². The number of aliphatic imine (C=N–C) groups is 1. The fraction of sp³-hybridized carbons (Fsp3) is 0.500. The molecule has 6 nitrogen and oxygen atoms in total. The van der Waals surface area contributed by atoms with Crippen LogP contribution in [0.25, 0.3) is 0 Å². The number of allylic oxidation sites excluding steroid dienone is 1. The van der Waals surface area contributed by atoms with Crippen molar-refractivity contribution >= 4 is 23.1 Å². The number of hydrogen-bond donors (Lipinski definition) is 1. The van der Waals surface area contributed by atoms with Crippen LogP contribution in [0.2, 0.25) is 0 Å². The van der Waals surface area contributed by atoms with E-state index >= 15 is 0 Å². The molecule has 1 aromatic heterocycles. The fourth-order valence-electron chi connectivity index (χ4n) is 2.27. The standard InChI is InChI=1S/C14H20N4O2S/c1-4-11-10(14(19)20-5-2)8-17-12(18(11)9-15-3)13-16-6-7-21-13/h6-7,15H,4-5,8-9H2,1-3H3. The number of rotatable bonds is 6. The van der Waals surface area contributed by atoms with Gasteiger partial charge in [0.2, 0.25) is 0 Å². The Kier molecular flexibility index (Phi) is 5.46. The van der Waals surface area contributed by atoms with E-state index in [0.29, 0.717) is 25.4 Å². The SMILES string of the molecule is CCOC(=O)C1=C(CC)N(CNC)C(c2nccs2)=NC1. The van der Waals surface area contributed by atoms with E-state index in [1.165, 1.54) is 0 Å². The lowest BCUT2D eigenvalue weighted by atomic mass is 10.1. The van der Waals surface area contributed by atoms with E-state index in [0.717, 1.165) is 23.0 Å². The number of aromatic nitrogens is 1. The average molecular weight is 308 g/mol. The smallest absolute Gasteiger partial charge is 0.337 e. The predicted molar refractivity (Wildman–Crippen MR) is 83.2 cm³/mol. The molecule has 0 fully saturated rings. The van der Waals surface area contributed by atoms with Gasteiger partial charge in [-0.3, -0.25) is 4.99 Å². The van der Waals surface area contributed by atoms with E-state index in [2.05, 4.69) is 15.3 Å². The van der Waals surface area contributed by atoms with Gasteiger partial charge in [-0.25, -0.2) is 9.78 Å². The van der Waals surface area contributed by atoms with Gasteiger partial charge < -0.3 is 15.0 Å². The number of hydrogen-bond acceptors (Lipinski definition) is 7. The Morgan fingerprint density at radius 3 is 2.90 bits per heavy atom. The number of carbonyl (C=O) groups excluding carboxylic acids is 1. The fourth-order valence-corrected chi connectivity index (χ4v) is 2.92. The van der Waals surface area contributed by atoms with Crippen molar-refractivity contribution in [3.8, 4) is 0 Å². The summed E-state index contributed by atoms with van der Waals surface area (Å²) >= 11 is 1.54. The molecular formula is C14H20N4O2S. The number of nitrogens with zero attached hydrogens (tertiary/aromatic N) is 3. The third kappa shape index (κ3) is 3.30. The van der Waals surface area contributed by atoms with Crippen LogP contribution in [0.4, 0.5) is 0 Å². The Balaban J connectivity index is 2.37. The molecule has 0 bridgehead atoms. The molecular weight excluding hydrogens is 288 g/mol. The van der Waals surface area contributed by atoms with E-state index < -0.39 is 0 Å². The van der Waals surface area contributed by atoms with Crippen LogP contribution >= 0.6 is 11.3 Å². The van der Waals surface area contributed by atoms with Crippen molar-refractivity contribution in [2.45, 2.75) is 20.3 Å². The molecule has 0 unspecified atom stereocenters. The van der Waals surface area contributed by atoms with E-state index in [1.807, 2.05) is 31.2 Å². The lowest BCUT2D eigenvalue weighted by Crippen LogP contribution is -2.41. The summed E-state index contributed by atoms with van der Waals surface area (Å²) in [6.45, 7) is 5.13. The molecule has 2 rings (SSSR count). The summed E-state index contributed by atoms with van der Waals surface area (Å²) in [5.74, 6) is 0.529. The molecule has 1 N–H and O–H groups in total. The van der Waals surface area contributed by atoms with Crippen LogP contribution in [0.15, 0.2) is 27.8 Å². The van der Waals surface area contributed by atoms with Crippen molar-refractivity contribution in [2.24, 2.45) is 4.99 Å².